The lowest BCUT2D eigenvalue weighted by Gasteiger charge is -2.12. The summed E-state index contributed by atoms with van der Waals surface area (Å²) in [4.78, 5) is 16.0. The lowest BCUT2D eigenvalue weighted by molar-refractivity contribution is -0.162. The van der Waals surface area contributed by atoms with Crippen molar-refractivity contribution < 1.29 is 22.6 Å². The summed E-state index contributed by atoms with van der Waals surface area (Å²) < 4.78 is 51.6. The Hall–Kier alpha value is -1.78. The van der Waals surface area contributed by atoms with E-state index in [0.29, 0.717) is 0 Å². The summed E-state index contributed by atoms with van der Waals surface area (Å²) in [5.74, 6) is -0.432. The van der Waals surface area contributed by atoms with Gasteiger partial charge in [-0.25, -0.2) is 14.1 Å². The highest BCUT2D eigenvalue weighted by Gasteiger charge is 2.27. The zero-order valence-corrected chi connectivity index (χ0v) is 15.4. The molecule has 0 radical (unpaired) electrons. The van der Waals surface area contributed by atoms with E-state index in [2.05, 4.69) is 9.73 Å². The third-order valence-corrected chi connectivity index (χ3v) is 4.70. The fraction of sp³-hybridized carbons (Fsp3) is 0.467. The number of halogens is 4. The van der Waals surface area contributed by atoms with Crippen LogP contribution in [0.1, 0.15) is 13.8 Å². The maximum Gasteiger partial charge on any atom is 0.345 e. The van der Waals surface area contributed by atoms with Crippen LogP contribution >= 0.6 is 22.9 Å². The van der Waals surface area contributed by atoms with Gasteiger partial charge < -0.3 is 9.47 Å². The lowest BCUT2D eigenvalue weighted by Crippen LogP contribution is -2.21. The summed E-state index contributed by atoms with van der Waals surface area (Å²) in [6.45, 7) is 0.657. The second-order valence-corrected chi connectivity index (χ2v) is 7.17. The molecule has 1 atom stereocenters. The van der Waals surface area contributed by atoms with Gasteiger partial charge in [0.05, 0.1) is 24.2 Å². The molecule has 1 aromatic carbocycles. The summed E-state index contributed by atoms with van der Waals surface area (Å²) >= 11 is 6.75. The number of hydrogen-bond donors (Lipinski definition) is 0. The zero-order chi connectivity index (χ0) is 19.0. The van der Waals surface area contributed by atoms with Gasteiger partial charge in [0.1, 0.15) is 17.5 Å². The summed E-state index contributed by atoms with van der Waals surface area (Å²) in [7, 11) is 0. The third-order valence-electron chi connectivity index (χ3n) is 3.53. The van der Waals surface area contributed by atoms with Crippen LogP contribution in [0.5, 0.6) is 5.75 Å². The van der Waals surface area contributed by atoms with Crippen molar-refractivity contribution >= 4 is 28.6 Å². The number of nitrogens with zero attached hydrogens (tertiary/aromatic N) is 3. The molecule has 0 aliphatic carbocycles. The van der Waals surface area contributed by atoms with E-state index in [0.717, 1.165) is 17.4 Å². The van der Waals surface area contributed by atoms with Gasteiger partial charge in [0.2, 0.25) is 4.80 Å². The van der Waals surface area contributed by atoms with E-state index in [1.807, 2.05) is 0 Å². The van der Waals surface area contributed by atoms with E-state index in [1.54, 1.807) is 13.8 Å². The van der Waals surface area contributed by atoms with Gasteiger partial charge in [-0.15, -0.1) is 0 Å². The smallest absolute Gasteiger partial charge is 0.345 e. The second kappa shape index (κ2) is 7.45. The van der Waals surface area contributed by atoms with E-state index < -0.39 is 23.4 Å². The monoisotopic (exact) mass is 409 g/mol. The predicted octanol–water partition coefficient (Wildman–Crippen LogP) is 3.14. The molecule has 0 bridgehead atoms. The van der Waals surface area contributed by atoms with Crippen molar-refractivity contribution in [2.24, 2.45) is 4.99 Å². The Balaban J connectivity index is 2.00. The number of benzene rings is 1. The van der Waals surface area contributed by atoms with Crippen molar-refractivity contribution in [3.05, 3.63) is 37.4 Å². The minimum atomic E-state index is -2.94. The zero-order valence-electron chi connectivity index (χ0n) is 13.8. The van der Waals surface area contributed by atoms with Gasteiger partial charge in [-0.3, -0.25) is 9.48 Å². The molecule has 142 valence electrons. The largest absolute Gasteiger partial charge is 0.489 e. The first-order chi connectivity index (χ1) is 12.2. The van der Waals surface area contributed by atoms with Crippen LogP contribution < -0.4 is 14.4 Å². The molecule has 1 unspecified atom stereocenters. The van der Waals surface area contributed by atoms with Crippen molar-refractivity contribution in [3.63, 3.8) is 0 Å². The average Bonchev–Trinajstić information content (AvgIpc) is 3.04. The molecule has 2 heterocycles. The van der Waals surface area contributed by atoms with Gasteiger partial charge >= 0.3 is 11.5 Å². The number of ether oxygens (including phenoxy) is 2. The highest BCUT2D eigenvalue weighted by atomic mass is 35.5. The van der Waals surface area contributed by atoms with E-state index >= 15 is 0 Å². The molecule has 0 spiro atoms. The van der Waals surface area contributed by atoms with Crippen molar-refractivity contribution in [2.75, 3.05) is 0 Å². The van der Waals surface area contributed by atoms with Crippen LogP contribution in [0.2, 0.25) is 5.02 Å². The average molecular weight is 410 g/mol. The van der Waals surface area contributed by atoms with Crippen LogP contribution in [0.4, 0.5) is 18.9 Å². The van der Waals surface area contributed by atoms with E-state index in [1.165, 1.54) is 15.4 Å². The first kappa shape index (κ1) is 19.0. The Morgan fingerprint density at radius 3 is 2.65 bits per heavy atom. The minimum absolute atomic E-state index is 0.0139. The summed E-state index contributed by atoms with van der Waals surface area (Å²) in [6.07, 6.45) is -1.03. The molecular weight excluding hydrogens is 395 g/mol. The number of hydrogen-bond acceptors (Lipinski definition) is 5. The van der Waals surface area contributed by atoms with Crippen LogP contribution in [0, 0.1) is 5.82 Å². The lowest BCUT2D eigenvalue weighted by atomic mass is 10.3. The predicted molar refractivity (Wildman–Crippen MR) is 89.8 cm³/mol. The molecule has 0 saturated heterocycles. The van der Waals surface area contributed by atoms with Gasteiger partial charge in [0, 0.05) is 6.07 Å². The molecule has 0 fully saturated rings. The van der Waals surface area contributed by atoms with E-state index in [9.17, 15) is 18.0 Å². The molecular formula is C15H15ClF3N3O3S. The topological polar surface area (TPSA) is 57.8 Å². The highest BCUT2D eigenvalue weighted by Crippen LogP contribution is 2.32. The molecule has 1 aliphatic heterocycles. The maximum atomic E-state index is 14.2. The van der Waals surface area contributed by atoms with Gasteiger partial charge in [-0.05, 0) is 31.3 Å². The van der Waals surface area contributed by atoms with Crippen molar-refractivity contribution in [1.82, 2.24) is 9.36 Å². The van der Waals surface area contributed by atoms with Crippen LogP contribution in [-0.4, -0.2) is 28.2 Å². The van der Waals surface area contributed by atoms with Crippen molar-refractivity contribution in [2.45, 2.75) is 45.8 Å². The van der Waals surface area contributed by atoms with Crippen molar-refractivity contribution in [3.8, 4) is 5.75 Å². The van der Waals surface area contributed by atoms with Crippen LogP contribution in [0.3, 0.4) is 0 Å². The molecule has 1 aromatic heterocycles. The standard InChI is InChI=1S/C15H15ClF3N3O3S/c1-7(2)24-12-4-11(10(17)3-9(12)16)20-14-21-5-8(25-13(18)19)6-22(21)15(23)26-14/h3-4,7-8,13H,5-6H2,1-2H3/b20-14+. The summed E-state index contributed by atoms with van der Waals surface area (Å²) in [5, 5.41) is 0.100. The normalized spacial score (nSPS) is 17.4. The molecule has 0 saturated carbocycles. The fourth-order valence-electron chi connectivity index (χ4n) is 2.54. The van der Waals surface area contributed by atoms with Gasteiger partial charge in [0.15, 0.2) is 5.82 Å². The van der Waals surface area contributed by atoms with Gasteiger partial charge in [0.25, 0.3) is 0 Å². The van der Waals surface area contributed by atoms with Crippen molar-refractivity contribution in [1.29, 1.82) is 0 Å². The molecule has 1 aliphatic rings. The first-order valence-electron chi connectivity index (χ1n) is 7.69. The fourth-order valence-corrected chi connectivity index (χ4v) is 3.59. The quantitative estimate of drug-likeness (QED) is 0.762. The number of aromatic nitrogens is 2. The number of fused-ring (bicyclic) bond motifs is 1. The Bertz CT molecular complexity index is 938. The molecule has 6 nitrogen and oxygen atoms in total. The molecule has 11 heteroatoms. The molecule has 3 rings (SSSR count). The maximum absolute atomic E-state index is 14.2. The first-order valence-corrected chi connectivity index (χ1v) is 8.89. The number of alkyl halides is 2. The minimum Gasteiger partial charge on any atom is -0.489 e. The molecule has 26 heavy (non-hydrogen) atoms. The molecule has 0 N–H and O–H groups in total. The van der Waals surface area contributed by atoms with Crippen LogP contribution in [0.25, 0.3) is 0 Å². The second-order valence-electron chi connectivity index (χ2n) is 5.85. The Labute approximate surface area is 155 Å². The molecule has 2 aromatic rings. The highest BCUT2D eigenvalue weighted by molar-refractivity contribution is 7.06. The number of rotatable bonds is 5. The third kappa shape index (κ3) is 3.97. The SMILES string of the molecule is CC(C)Oc1cc(/N=c2/sc(=O)n3n2CC(OC(F)F)C3)c(F)cc1Cl. The van der Waals surface area contributed by atoms with E-state index in [4.69, 9.17) is 16.3 Å². The summed E-state index contributed by atoms with van der Waals surface area (Å²) in [5.41, 5.74) is -0.0690. The Morgan fingerprint density at radius 2 is 2.00 bits per heavy atom. The Morgan fingerprint density at radius 1 is 1.31 bits per heavy atom. The van der Waals surface area contributed by atoms with Crippen LogP contribution in [0.15, 0.2) is 21.9 Å². The summed E-state index contributed by atoms with van der Waals surface area (Å²) in [6, 6.07) is 2.41. The Kier molecular flexibility index (Phi) is 5.44. The van der Waals surface area contributed by atoms with Gasteiger partial charge in [-0.1, -0.05) is 11.6 Å². The van der Waals surface area contributed by atoms with E-state index in [-0.39, 0.29) is 40.5 Å². The molecule has 0 amide bonds. The van der Waals surface area contributed by atoms with Crippen LogP contribution in [-0.2, 0) is 17.8 Å². The van der Waals surface area contributed by atoms with Gasteiger partial charge in [-0.2, -0.15) is 8.78 Å².